The monoisotopic (exact) mass is 363 g/mol. The average Bonchev–Trinajstić information content (AvgIpc) is 2.49. The summed E-state index contributed by atoms with van der Waals surface area (Å²) in [7, 11) is 0. The molecule has 0 fully saturated rings. The first kappa shape index (κ1) is 15.9. The van der Waals surface area contributed by atoms with Crippen LogP contribution in [0.4, 0.5) is 5.69 Å². The highest BCUT2D eigenvalue weighted by Crippen LogP contribution is 2.20. The van der Waals surface area contributed by atoms with Crippen molar-refractivity contribution in [2.75, 3.05) is 11.9 Å². The molecule has 1 aromatic heterocycles. The molecule has 0 spiro atoms. The Morgan fingerprint density at radius 1 is 1.29 bits per heavy atom. The smallest absolute Gasteiger partial charge is 0.173 e. The van der Waals surface area contributed by atoms with Crippen LogP contribution in [0, 0.1) is 6.92 Å². The first-order valence-electron chi connectivity index (χ1n) is 6.81. The second-order valence-electron chi connectivity index (χ2n) is 4.76. The fourth-order valence-electron chi connectivity index (χ4n) is 1.96. The Balaban J connectivity index is 2.04. The van der Waals surface area contributed by atoms with Crippen molar-refractivity contribution in [3.8, 4) is 0 Å². The average molecular weight is 364 g/mol. The Kier molecular flexibility index (Phi) is 5.70. The lowest BCUT2D eigenvalue weighted by molar-refractivity contribution is 0.442. The van der Waals surface area contributed by atoms with Crippen LogP contribution >= 0.6 is 28.1 Å². The first-order chi connectivity index (χ1) is 10.1. The van der Waals surface area contributed by atoms with Crippen molar-refractivity contribution >= 4 is 38.9 Å². The van der Waals surface area contributed by atoms with Gasteiger partial charge in [-0.3, -0.25) is 4.98 Å². The molecule has 1 aromatic carbocycles. The lowest BCUT2D eigenvalue weighted by Crippen LogP contribution is -2.34. The van der Waals surface area contributed by atoms with E-state index in [4.69, 9.17) is 12.2 Å². The molecular weight excluding hydrogens is 346 g/mol. The van der Waals surface area contributed by atoms with E-state index in [9.17, 15) is 0 Å². The second kappa shape index (κ2) is 7.52. The number of hydrogen-bond donors (Lipinski definition) is 1. The molecule has 110 valence electrons. The molecule has 5 heteroatoms. The van der Waals surface area contributed by atoms with Crippen molar-refractivity contribution in [2.45, 2.75) is 20.4 Å². The lowest BCUT2D eigenvalue weighted by Gasteiger charge is -2.24. The van der Waals surface area contributed by atoms with Crippen LogP contribution < -0.4 is 5.32 Å². The third-order valence-electron chi connectivity index (χ3n) is 3.20. The van der Waals surface area contributed by atoms with Gasteiger partial charge in [0, 0.05) is 35.6 Å². The predicted molar refractivity (Wildman–Crippen MR) is 95.4 cm³/mol. The first-order valence-corrected chi connectivity index (χ1v) is 8.01. The molecule has 0 saturated carbocycles. The van der Waals surface area contributed by atoms with Crippen LogP contribution in [0.15, 0.2) is 47.2 Å². The van der Waals surface area contributed by atoms with Crippen molar-refractivity contribution in [2.24, 2.45) is 0 Å². The molecule has 0 aliphatic heterocycles. The van der Waals surface area contributed by atoms with Crippen molar-refractivity contribution in [3.05, 3.63) is 58.3 Å². The summed E-state index contributed by atoms with van der Waals surface area (Å²) in [5.41, 5.74) is 3.39. The van der Waals surface area contributed by atoms with Gasteiger partial charge >= 0.3 is 0 Å². The highest BCUT2D eigenvalue weighted by atomic mass is 79.9. The van der Waals surface area contributed by atoms with Gasteiger partial charge in [-0.15, -0.1) is 0 Å². The summed E-state index contributed by atoms with van der Waals surface area (Å²) in [6, 6.07) is 10.1. The number of hydrogen-bond acceptors (Lipinski definition) is 2. The standard InChI is InChI=1S/C16H18BrN3S/c1-3-20(11-13-6-8-18-9-7-13)16(21)19-14-4-5-15(17)12(2)10-14/h4-10H,3,11H2,1-2H3,(H,19,21). The molecule has 0 unspecified atom stereocenters. The molecule has 0 aliphatic rings. The Hall–Kier alpha value is -1.46. The van der Waals surface area contributed by atoms with Crippen LogP contribution in [0.2, 0.25) is 0 Å². The van der Waals surface area contributed by atoms with Gasteiger partial charge in [-0.25, -0.2) is 0 Å². The van der Waals surface area contributed by atoms with E-state index in [0.29, 0.717) is 0 Å². The summed E-state index contributed by atoms with van der Waals surface area (Å²) in [5.74, 6) is 0. The molecule has 0 aliphatic carbocycles. The summed E-state index contributed by atoms with van der Waals surface area (Å²) in [6.07, 6.45) is 3.61. The third-order valence-corrected chi connectivity index (χ3v) is 4.45. The van der Waals surface area contributed by atoms with Gasteiger partial charge < -0.3 is 10.2 Å². The lowest BCUT2D eigenvalue weighted by atomic mass is 10.2. The number of benzene rings is 1. The van der Waals surface area contributed by atoms with Crippen LogP contribution in [-0.4, -0.2) is 21.5 Å². The van der Waals surface area contributed by atoms with Gasteiger partial charge in [0.15, 0.2) is 5.11 Å². The minimum absolute atomic E-state index is 0.732. The molecule has 3 nitrogen and oxygen atoms in total. The zero-order valence-electron chi connectivity index (χ0n) is 12.1. The minimum atomic E-state index is 0.732. The number of nitrogens with one attached hydrogen (secondary N) is 1. The van der Waals surface area contributed by atoms with Crippen LogP contribution in [0.1, 0.15) is 18.1 Å². The number of anilines is 1. The van der Waals surface area contributed by atoms with E-state index in [2.05, 4.69) is 51.0 Å². The van der Waals surface area contributed by atoms with Gasteiger partial charge in [0.25, 0.3) is 0 Å². The maximum atomic E-state index is 5.52. The van der Waals surface area contributed by atoms with Gasteiger partial charge in [-0.05, 0) is 67.5 Å². The zero-order valence-corrected chi connectivity index (χ0v) is 14.5. The van der Waals surface area contributed by atoms with Crippen molar-refractivity contribution in [1.29, 1.82) is 0 Å². The second-order valence-corrected chi connectivity index (χ2v) is 6.00. The number of halogens is 1. The third kappa shape index (κ3) is 4.51. The SMILES string of the molecule is CCN(Cc1ccncc1)C(=S)Nc1ccc(Br)c(C)c1. The van der Waals surface area contributed by atoms with E-state index in [1.165, 1.54) is 11.1 Å². The maximum Gasteiger partial charge on any atom is 0.173 e. The number of thiocarbonyl (C=S) groups is 1. The zero-order chi connectivity index (χ0) is 15.2. The van der Waals surface area contributed by atoms with E-state index in [1.807, 2.05) is 24.3 Å². The quantitative estimate of drug-likeness (QED) is 0.816. The maximum absolute atomic E-state index is 5.52. The molecule has 2 rings (SSSR count). The van der Waals surface area contributed by atoms with E-state index in [0.717, 1.165) is 28.4 Å². The Morgan fingerprint density at radius 3 is 2.62 bits per heavy atom. The molecule has 1 heterocycles. The summed E-state index contributed by atoms with van der Waals surface area (Å²) >= 11 is 9.02. The van der Waals surface area contributed by atoms with Gasteiger partial charge in [-0.1, -0.05) is 15.9 Å². The van der Waals surface area contributed by atoms with Gasteiger partial charge in [0.2, 0.25) is 0 Å². The molecule has 0 radical (unpaired) electrons. The largest absolute Gasteiger partial charge is 0.345 e. The molecule has 2 aromatic rings. The molecule has 21 heavy (non-hydrogen) atoms. The molecule has 0 atom stereocenters. The highest BCUT2D eigenvalue weighted by Gasteiger charge is 2.09. The van der Waals surface area contributed by atoms with E-state index < -0.39 is 0 Å². The summed E-state index contributed by atoms with van der Waals surface area (Å²) in [5, 5.41) is 4.03. The number of rotatable bonds is 4. The van der Waals surface area contributed by atoms with Gasteiger partial charge in [0.05, 0.1) is 0 Å². The Labute approximate surface area is 139 Å². The molecule has 0 bridgehead atoms. The molecule has 0 saturated heterocycles. The number of pyridine rings is 1. The van der Waals surface area contributed by atoms with Crippen LogP contribution in [0.25, 0.3) is 0 Å². The van der Waals surface area contributed by atoms with Crippen molar-refractivity contribution < 1.29 is 0 Å². The highest BCUT2D eigenvalue weighted by molar-refractivity contribution is 9.10. The van der Waals surface area contributed by atoms with Crippen molar-refractivity contribution in [1.82, 2.24) is 9.88 Å². The molecular formula is C16H18BrN3S. The van der Waals surface area contributed by atoms with Gasteiger partial charge in [-0.2, -0.15) is 0 Å². The van der Waals surface area contributed by atoms with Gasteiger partial charge in [0.1, 0.15) is 0 Å². The Bertz CT molecular complexity index is 616. The number of nitrogens with zero attached hydrogens (tertiary/aromatic N) is 2. The summed E-state index contributed by atoms with van der Waals surface area (Å²) in [4.78, 5) is 6.16. The topological polar surface area (TPSA) is 28.2 Å². The predicted octanol–water partition coefficient (Wildman–Crippen LogP) is 4.37. The normalized spacial score (nSPS) is 10.2. The van der Waals surface area contributed by atoms with E-state index in [-0.39, 0.29) is 0 Å². The van der Waals surface area contributed by atoms with E-state index in [1.54, 1.807) is 12.4 Å². The summed E-state index contributed by atoms with van der Waals surface area (Å²) in [6.45, 7) is 5.79. The van der Waals surface area contributed by atoms with Crippen LogP contribution in [-0.2, 0) is 6.54 Å². The summed E-state index contributed by atoms with van der Waals surface area (Å²) < 4.78 is 1.10. The fourth-order valence-corrected chi connectivity index (χ4v) is 2.52. The minimum Gasteiger partial charge on any atom is -0.345 e. The number of aryl methyl sites for hydroxylation is 1. The van der Waals surface area contributed by atoms with Crippen LogP contribution in [0.5, 0.6) is 0 Å². The Morgan fingerprint density at radius 2 is 2.00 bits per heavy atom. The van der Waals surface area contributed by atoms with Crippen molar-refractivity contribution in [3.63, 3.8) is 0 Å². The van der Waals surface area contributed by atoms with E-state index >= 15 is 0 Å². The van der Waals surface area contributed by atoms with Crippen LogP contribution in [0.3, 0.4) is 0 Å². The fraction of sp³-hybridized carbons (Fsp3) is 0.250. The number of aromatic nitrogens is 1. The molecule has 0 amide bonds. The molecule has 1 N–H and O–H groups in total.